The molecule has 0 bridgehead atoms. The molecule has 2 aliphatic rings. The van der Waals surface area contributed by atoms with Gasteiger partial charge >= 0.3 is 0 Å². The first-order valence-electron chi connectivity index (χ1n) is 8.08. The summed E-state index contributed by atoms with van der Waals surface area (Å²) in [5, 5.41) is 3.69. The van der Waals surface area contributed by atoms with Crippen LogP contribution in [0.25, 0.3) is 0 Å². The molecule has 1 aromatic rings. The molecule has 0 unspecified atom stereocenters. The molecule has 0 atom stereocenters. The van der Waals surface area contributed by atoms with E-state index in [4.69, 9.17) is 23.2 Å². The van der Waals surface area contributed by atoms with Crippen LogP contribution in [0.4, 0.5) is 0 Å². The average Bonchev–Trinajstić information content (AvgIpc) is 3.35. The fraction of sp³-hybridized carbons (Fsp3) is 0.562. The number of benzene rings is 1. The van der Waals surface area contributed by atoms with Gasteiger partial charge in [0.2, 0.25) is 15.9 Å². The molecule has 24 heavy (non-hydrogen) atoms. The van der Waals surface area contributed by atoms with Gasteiger partial charge in [-0.1, -0.05) is 29.3 Å². The summed E-state index contributed by atoms with van der Waals surface area (Å²) < 4.78 is 26.7. The van der Waals surface area contributed by atoms with Crippen molar-refractivity contribution in [1.82, 2.24) is 9.62 Å². The minimum atomic E-state index is -3.51. The van der Waals surface area contributed by atoms with Crippen LogP contribution in [0.5, 0.6) is 0 Å². The summed E-state index contributed by atoms with van der Waals surface area (Å²) in [5.41, 5.74) is 0.425. The fourth-order valence-electron chi connectivity index (χ4n) is 2.89. The summed E-state index contributed by atoms with van der Waals surface area (Å²) in [6, 6.07) is 5.28. The third kappa shape index (κ3) is 4.23. The van der Waals surface area contributed by atoms with E-state index in [1.54, 1.807) is 18.2 Å². The molecule has 1 saturated heterocycles. The van der Waals surface area contributed by atoms with E-state index in [9.17, 15) is 13.2 Å². The van der Waals surface area contributed by atoms with Crippen molar-refractivity contribution in [2.45, 2.75) is 37.5 Å². The number of hydrogen-bond donors (Lipinski definition) is 1. The molecule has 1 heterocycles. The van der Waals surface area contributed by atoms with Gasteiger partial charge in [-0.25, -0.2) is 12.7 Å². The summed E-state index contributed by atoms with van der Waals surface area (Å²) in [6.45, 7) is 0.709. The molecule has 0 radical (unpaired) electrons. The van der Waals surface area contributed by atoms with Crippen LogP contribution in [0.1, 0.15) is 31.2 Å². The van der Waals surface area contributed by atoms with Gasteiger partial charge in [-0.15, -0.1) is 0 Å². The lowest BCUT2D eigenvalue weighted by Gasteiger charge is -2.30. The van der Waals surface area contributed by atoms with Crippen LogP contribution in [0.15, 0.2) is 18.2 Å². The normalized spacial score (nSPS) is 20.1. The maximum Gasteiger partial charge on any atom is 0.223 e. The Morgan fingerprint density at radius 1 is 1.12 bits per heavy atom. The van der Waals surface area contributed by atoms with Crippen LogP contribution < -0.4 is 5.32 Å². The van der Waals surface area contributed by atoms with Crippen LogP contribution in [0, 0.1) is 5.92 Å². The van der Waals surface area contributed by atoms with E-state index >= 15 is 0 Å². The molecule has 1 aliphatic heterocycles. The molecule has 0 spiro atoms. The maximum atomic E-state index is 12.6. The second-order valence-electron chi connectivity index (χ2n) is 6.41. The van der Waals surface area contributed by atoms with Gasteiger partial charge in [0, 0.05) is 40.7 Å². The number of amides is 1. The van der Waals surface area contributed by atoms with Gasteiger partial charge in [0.15, 0.2) is 0 Å². The first kappa shape index (κ1) is 18.0. The standard InChI is InChI=1S/C16H20Cl2N2O3S/c17-14-2-1-3-15(18)13(14)10-24(22,23)20-8-6-11(7-9-20)16(21)19-12-4-5-12/h1-3,11-12H,4-10H2,(H,19,21). The summed E-state index contributed by atoms with van der Waals surface area (Å²) in [6.07, 6.45) is 3.21. The zero-order chi connectivity index (χ0) is 17.3. The van der Waals surface area contributed by atoms with Gasteiger partial charge < -0.3 is 5.32 Å². The molecule has 2 fully saturated rings. The Bertz CT molecular complexity index is 707. The van der Waals surface area contributed by atoms with E-state index < -0.39 is 10.0 Å². The fourth-order valence-corrected chi connectivity index (χ4v) is 5.20. The molecule has 3 rings (SSSR count). The predicted octanol–water partition coefficient (Wildman–Crippen LogP) is 2.81. The first-order chi connectivity index (χ1) is 11.4. The van der Waals surface area contributed by atoms with Gasteiger partial charge in [0.05, 0.1) is 5.75 Å². The lowest BCUT2D eigenvalue weighted by atomic mass is 9.97. The average molecular weight is 391 g/mol. The molecule has 8 heteroatoms. The Hall–Kier alpha value is -0.820. The number of piperidine rings is 1. The van der Waals surface area contributed by atoms with Gasteiger partial charge in [-0.3, -0.25) is 4.79 Å². The van der Waals surface area contributed by atoms with Crippen molar-refractivity contribution in [2.24, 2.45) is 5.92 Å². The van der Waals surface area contributed by atoms with Crippen molar-refractivity contribution in [3.8, 4) is 0 Å². The molecular weight excluding hydrogens is 371 g/mol. The number of hydrogen-bond acceptors (Lipinski definition) is 3. The van der Waals surface area contributed by atoms with E-state index in [0.29, 0.717) is 47.6 Å². The number of nitrogens with zero attached hydrogens (tertiary/aromatic N) is 1. The lowest BCUT2D eigenvalue weighted by molar-refractivity contribution is -0.126. The van der Waals surface area contributed by atoms with E-state index in [1.807, 2.05) is 0 Å². The van der Waals surface area contributed by atoms with Crippen molar-refractivity contribution in [2.75, 3.05) is 13.1 Å². The maximum absolute atomic E-state index is 12.6. The minimum absolute atomic E-state index is 0.0590. The van der Waals surface area contributed by atoms with Gasteiger partial charge in [0.25, 0.3) is 0 Å². The quantitative estimate of drug-likeness (QED) is 0.840. The molecule has 0 aromatic heterocycles. The molecule has 132 valence electrons. The second-order valence-corrected chi connectivity index (χ2v) is 9.20. The molecule has 1 amide bonds. The summed E-state index contributed by atoms with van der Waals surface area (Å²) in [5.74, 6) is -0.255. The second kappa shape index (κ2) is 7.20. The number of sulfonamides is 1. The van der Waals surface area contributed by atoms with Crippen LogP contribution >= 0.6 is 23.2 Å². The highest BCUT2D eigenvalue weighted by atomic mass is 35.5. The Labute approximate surface area is 152 Å². The largest absolute Gasteiger partial charge is 0.353 e. The highest BCUT2D eigenvalue weighted by molar-refractivity contribution is 7.88. The third-order valence-corrected chi connectivity index (χ3v) is 7.04. The van der Waals surface area contributed by atoms with Crippen LogP contribution in [0.2, 0.25) is 10.0 Å². The summed E-state index contributed by atoms with van der Waals surface area (Å²) >= 11 is 12.1. The van der Waals surface area contributed by atoms with Gasteiger partial charge in [-0.05, 0) is 37.8 Å². The SMILES string of the molecule is O=C(NC1CC1)C1CCN(S(=O)(=O)Cc2c(Cl)cccc2Cl)CC1. The van der Waals surface area contributed by atoms with Crippen molar-refractivity contribution in [3.05, 3.63) is 33.8 Å². The van der Waals surface area contributed by atoms with Gasteiger partial charge in [0.1, 0.15) is 0 Å². The van der Waals surface area contributed by atoms with Crippen LogP contribution in [-0.4, -0.2) is 37.8 Å². The van der Waals surface area contributed by atoms with Crippen molar-refractivity contribution >= 4 is 39.1 Å². The van der Waals surface area contributed by atoms with Crippen molar-refractivity contribution < 1.29 is 13.2 Å². The lowest BCUT2D eigenvalue weighted by Crippen LogP contribution is -2.43. The highest BCUT2D eigenvalue weighted by Gasteiger charge is 2.33. The minimum Gasteiger partial charge on any atom is -0.353 e. The number of rotatable bonds is 5. The topological polar surface area (TPSA) is 66.5 Å². The predicted molar refractivity (Wildman–Crippen MR) is 94.5 cm³/mol. The highest BCUT2D eigenvalue weighted by Crippen LogP contribution is 2.29. The Morgan fingerprint density at radius 3 is 2.25 bits per heavy atom. The molecule has 5 nitrogen and oxygen atoms in total. The number of halogens is 2. The van der Waals surface area contributed by atoms with Gasteiger partial charge in [-0.2, -0.15) is 0 Å². The molecule has 1 aromatic carbocycles. The van der Waals surface area contributed by atoms with E-state index in [1.165, 1.54) is 4.31 Å². The van der Waals surface area contributed by atoms with E-state index in [2.05, 4.69) is 5.32 Å². The van der Waals surface area contributed by atoms with Crippen LogP contribution in [-0.2, 0) is 20.6 Å². The Kier molecular flexibility index (Phi) is 5.39. The van der Waals surface area contributed by atoms with E-state index in [0.717, 1.165) is 12.8 Å². The zero-order valence-electron chi connectivity index (χ0n) is 13.2. The summed E-state index contributed by atoms with van der Waals surface area (Å²) in [4.78, 5) is 12.1. The van der Waals surface area contributed by atoms with Crippen molar-refractivity contribution in [1.29, 1.82) is 0 Å². The van der Waals surface area contributed by atoms with E-state index in [-0.39, 0.29) is 17.6 Å². The molecule has 1 N–H and O–H groups in total. The zero-order valence-corrected chi connectivity index (χ0v) is 15.5. The molecule has 1 saturated carbocycles. The smallest absolute Gasteiger partial charge is 0.223 e. The van der Waals surface area contributed by atoms with Crippen LogP contribution in [0.3, 0.4) is 0 Å². The molecular formula is C16H20Cl2N2O3S. The first-order valence-corrected chi connectivity index (χ1v) is 10.4. The number of carbonyl (C=O) groups is 1. The Morgan fingerprint density at radius 2 is 1.71 bits per heavy atom. The Balaban J connectivity index is 1.61. The number of nitrogens with one attached hydrogen (secondary N) is 1. The van der Waals surface area contributed by atoms with Crippen molar-refractivity contribution in [3.63, 3.8) is 0 Å². The molecule has 1 aliphatic carbocycles. The summed E-state index contributed by atoms with van der Waals surface area (Å²) in [7, 11) is -3.51. The third-order valence-electron chi connectivity index (χ3n) is 4.53. The monoisotopic (exact) mass is 390 g/mol. The number of carbonyl (C=O) groups excluding carboxylic acids is 1.